The summed E-state index contributed by atoms with van der Waals surface area (Å²) in [6.45, 7) is 0. The Balaban J connectivity index is 0.570. The maximum absolute atomic E-state index is 5.29. The molecular formula is C102H64N10. The van der Waals surface area contributed by atoms with E-state index in [1.54, 1.807) is 0 Å². The first kappa shape index (κ1) is 64.0. The minimum Gasteiger partial charge on any atom is -0.309 e. The minimum atomic E-state index is 0.592. The molecule has 0 atom stereocenters. The van der Waals surface area contributed by atoms with Gasteiger partial charge in [0.1, 0.15) is 0 Å². The predicted octanol–water partition coefficient (Wildman–Crippen LogP) is 25.4. The number of benzene rings is 16. The maximum Gasteiger partial charge on any atom is 0.164 e. The molecule has 0 aliphatic heterocycles. The molecule has 0 spiro atoms. The number of fused-ring (bicyclic) bond motifs is 12. The lowest BCUT2D eigenvalue weighted by Crippen LogP contribution is -2.00. The van der Waals surface area contributed by atoms with Crippen LogP contribution in [0.3, 0.4) is 0 Å². The van der Waals surface area contributed by atoms with Gasteiger partial charge in [-0.15, -0.1) is 0 Å². The van der Waals surface area contributed by atoms with Crippen molar-refractivity contribution in [3.8, 4) is 124 Å². The van der Waals surface area contributed by atoms with E-state index in [1.165, 1.54) is 65.3 Å². The monoisotopic (exact) mass is 1430 g/mol. The van der Waals surface area contributed by atoms with Crippen LogP contribution in [-0.4, -0.2) is 48.2 Å². The smallest absolute Gasteiger partial charge is 0.164 e. The number of rotatable bonds is 13. The van der Waals surface area contributed by atoms with Crippen molar-refractivity contribution in [2.45, 2.75) is 0 Å². The summed E-state index contributed by atoms with van der Waals surface area (Å²) in [6, 6.07) is 138. The van der Waals surface area contributed by atoms with E-state index >= 15 is 0 Å². The molecule has 16 aromatic carbocycles. The Morgan fingerprint density at radius 1 is 0.143 bits per heavy atom. The van der Waals surface area contributed by atoms with E-state index in [9.17, 15) is 0 Å². The molecule has 10 heteroatoms. The highest BCUT2D eigenvalue weighted by molar-refractivity contribution is 6.18. The van der Waals surface area contributed by atoms with E-state index < -0.39 is 0 Å². The van der Waals surface area contributed by atoms with Crippen LogP contribution < -0.4 is 0 Å². The molecule has 0 aliphatic carbocycles. The van der Waals surface area contributed by atoms with E-state index in [-0.39, 0.29) is 0 Å². The Hall–Kier alpha value is -15.3. The summed E-state index contributed by atoms with van der Waals surface area (Å²) in [5.41, 5.74) is 25.7. The second-order valence-corrected chi connectivity index (χ2v) is 28.6. The molecule has 112 heavy (non-hydrogen) atoms. The highest BCUT2D eigenvalue weighted by Gasteiger charge is 2.23. The van der Waals surface area contributed by atoms with E-state index in [4.69, 9.17) is 29.9 Å². The summed E-state index contributed by atoms with van der Waals surface area (Å²) in [6.07, 6.45) is 0. The quantitative estimate of drug-likeness (QED) is 0.114. The van der Waals surface area contributed by atoms with E-state index in [1.807, 2.05) is 78.9 Å². The first-order valence-corrected chi connectivity index (χ1v) is 37.8. The SMILES string of the molecule is c1ccc(-c2nc(-c3ccccc3)nc(-c3ccc(-n4c5ccccc5c5ccc(-c6ccc7c(c6)c6ccccc6n7-c6ccc(-c7cccc(-c8nc(-c9ccccc9)nc(-c9ccc(-n%10c%11ccccc%11c%11c(-c%12ccc%13c(c%12)c%12ccccc%12n%13-c%12ccccc%12)cccc%11%10)cc9)n8)c7)cc6)cc54)cc3)n2)cc1. The van der Waals surface area contributed by atoms with Gasteiger partial charge in [-0.2, -0.15) is 0 Å². The third-order valence-electron chi connectivity index (χ3n) is 22.1. The topological polar surface area (TPSA) is 97.1 Å². The fourth-order valence-electron chi connectivity index (χ4n) is 16.8. The van der Waals surface area contributed by atoms with Crippen molar-refractivity contribution >= 4 is 87.2 Å². The number of hydrogen-bond donors (Lipinski definition) is 0. The lowest BCUT2D eigenvalue weighted by Gasteiger charge is -2.12. The van der Waals surface area contributed by atoms with Gasteiger partial charge < -0.3 is 18.3 Å². The molecule has 22 aromatic rings. The zero-order valence-electron chi connectivity index (χ0n) is 60.4. The summed E-state index contributed by atoms with van der Waals surface area (Å²) < 4.78 is 9.52. The molecule has 0 saturated heterocycles. The molecule has 22 rings (SSSR count). The Labute approximate surface area is 644 Å². The van der Waals surface area contributed by atoms with Gasteiger partial charge in [-0.05, 0) is 173 Å². The molecule has 0 radical (unpaired) electrons. The molecule has 0 N–H and O–H groups in total. The molecule has 0 unspecified atom stereocenters. The second kappa shape index (κ2) is 26.3. The predicted molar refractivity (Wildman–Crippen MR) is 459 cm³/mol. The van der Waals surface area contributed by atoms with Crippen molar-refractivity contribution in [1.82, 2.24) is 48.2 Å². The average Bonchev–Trinajstić information content (AvgIpc) is 1.58. The van der Waals surface area contributed by atoms with E-state index in [0.29, 0.717) is 34.9 Å². The zero-order chi connectivity index (χ0) is 73.7. The van der Waals surface area contributed by atoms with Gasteiger partial charge in [0.2, 0.25) is 0 Å². The van der Waals surface area contributed by atoms with Crippen LogP contribution in [0.2, 0.25) is 0 Å². The Bertz CT molecular complexity index is 7390. The van der Waals surface area contributed by atoms with E-state index in [0.717, 1.165) is 111 Å². The zero-order valence-corrected chi connectivity index (χ0v) is 60.4. The van der Waals surface area contributed by atoms with Gasteiger partial charge in [0.15, 0.2) is 34.9 Å². The first-order chi connectivity index (χ1) is 55.5. The summed E-state index contributed by atoms with van der Waals surface area (Å²) in [5.74, 6) is 3.67. The van der Waals surface area contributed by atoms with Crippen molar-refractivity contribution in [1.29, 1.82) is 0 Å². The van der Waals surface area contributed by atoms with Gasteiger partial charge >= 0.3 is 0 Å². The third kappa shape index (κ3) is 10.8. The average molecular weight is 1430 g/mol. The van der Waals surface area contributed by atoms with Gasteiger partial charge in [-0.25, -0.2) is 29.9 Å². The Kier molecular flexibility index (Phi) is 15.0. The maximum atomic E-state index is 5.29. The van der Waals surface area contributed by atoms with Crippen LogP contribution in [-0.2, 0) is 0 Å². The number of aromatic nitrogens is 10. The van der Waals surface area contributed by atoms with Gasteiger partial charge in [-0.3, -0.25) is 0 Å². The third-order valence-corrected chi connectivity index (χ3v) is 22.1. The van der Waals surface area contributed by atoms with Crippen LogP contribution in [0.4, 0.5) is 0 Å². The fraction of sp³-hybridized carbons (Fsp3) is 0. The van der Waals surface area contributed by atoms with Crippen LogP contribution in [0.15, 0.2) is 388 Å². The number of para-hydroxylation sites is 5. The molecule has 0 amide bonds. The molecule has 6 heterocycles. The first-order valence-electron chi connectivity index (χ1n) is 37.8. The Morgan fingerprint density at radius 3 is 0.929 bits per heavy atom. The van der Waals surface area contributed by atoms with Crippen molar-refractivity contribution in [3.63, 3.8) is 0 Å². The van der Waals surface area contributed by atoms with Crippen molar-refractivity contribution < 1.29 is 0 Å². The fourth-order valence-corrected chi connectivity index (χ4v) is 16.8. The summed E-state index contributed by atoms with van der Waals surface area (Å²) >= 11 is 0. The van der Waals surface area contributed by atoms with Gasteiger partial charge in [0.25, 0.3) is 0 Å². The molecule has 10 nitrogen and oxygen atoms in total. The lowest BCUT2D eigenvalue weighted by molar-refractivity contribution is 1.07. The lowest BCUT2D eigenvalue weighted by atomic mass is 9.98. The van der Waals surface area contributed by atoms with Crippen molar-refractivity contribution in [2.75, 3.05) is 0 Å². The van der Waals surface area contributed by atoms with Crippen LogP contribution in [0.5, 0.6) is 0 Å². The summed E-state index contributed by atoms with van der Waals surface area (Å²) in [7, 11) is 0. The highest BCUT2D eigenvalue weighted by atomic mass is 15.1. The second-order valence-electron chi connectivity index (χ2n) is 28.6. The molecular weight excluding hydrogens is 1370 g/mol. The highest BCUT2D eigenvalue weighted by Crippen LogP contribution is 2.44. The summed E-state index contributed by atoms with van der Waals surface area (Å²) in [4.78, 5) is 30.7. The number of nitrogens with zero attached hydrogens (tertiary/aromatic N) is 10. The van der Waals surface area contributed by atoms with Gasteiger partial charge in [0, 0.05) is 99.2 Å². The van der Waals surface area contributed by atoms with Crippen LogP contribution in [0.1, 0.15) is 0 Å². The molecule has 522 valence electrons. The molecule has 0 fully saturated rings. The minimum absolute atomic E-state index is 0.592. The largest absolute Gasteiger partial charge is 0.309 e. The standard InChI is InChI=1S/C102H64N10/c1-5-23-66(24-6-1)97-103-98(67-25-7-2-8-26-67)105-100(104-97)69-47-56-79(57-48-69)112-88-38-17-13-33-81(88)84-58-49-73(64-95(84)112)72-50-59-92-86(62-72)82-34-14-19-40-90(82)110(92)77-52-43-65(44-53-77)71-29-21-30-75(61-71)102-107-99(68-27-9-3-10-28-68)106-101(108-102)70-45-54-78(55-46-70)111-91-41-20-16-36-85(91)96-80(37-22-42-94(96)111)74-51-60-93-87(63-74)83-35-15-18-39-89(83)109(93)76-31-11-4-12-32-76/h1-64H. The number of hydrogen-bond acceptors (Lipinski definition) is 6. The van der Waals surface area contributed by atoms with Gasteiger partial charge in [-0.1, -0.05) is 249 Å². The van der Waals surface area contributed by atoms with Crippen LogP contribution in [0, 0.1) is 0 Å². The molecule has 0 aliphatic rings. The van der Waals surface area contributed by atoms with E-state index in [2.05, 4.69) is 328 Å². The van der Waals surface area contributed by atoms with Crippen LogP contribution >= 0.6 is 0 Å². The van der Waals surface area contributed by atoms with Crippen molar-refractivity contribution in [2.24, 2.45) is 0 Å². The summed E-state index contributed by atoms with van der Waals surface area (Å²) in [5, 5.41) is 9.60. The molecule has 0 bridgehead atoms. The van der Waals surface area contributed by atoms with Crippen LogP contribution in [0.25, 0.3) is 212 Å². The van der Waals surface area contributed by atoms with Gasteiger partial charge in [0.05, 0.1) is 44.1 Å². The normalized spacial score (nSPS) is 11.8. The molecule has 6 aromatic heterocycles. The Morgan fingerprint density at radius 2 is 0.429 bits per heavy atom. The van der Waals surface area contributed by atoms with Crippen molar-refractivity contribution in [3.05, 3.63) is 388 Å². The molecule has 0 saturated carbocycles.